The van der Waals surface area contributed by atoms with Crippen molar-refractivity contribution in [3.63, 3.8) is 0 Å². The van der Waals surface area contributed by atoms with Gasteiger partial charge in [0.2, 0.25) is 0 Å². The Hall–Kier alpha value is -0.700. The van der Waals surface area contributed by atoms with E-state index in [2.05, 4.69) is 25.9 Å². The fourth-order valence-corrected chi connectivity index (χ4v) is 1.68. The zero-order valence-electron chi connectivity index (χ0n) is 10.1. The first kappa shape index (κ1) is 12.4. The predicted octanol–water partition coefficient (Wildman–Crippen LogP) is 3.29. The fraction of sp³-hybridized carbons (Fsp3) is 0.727. The Morgan fingerprint density at radius 1 is 1.40 bits per heavy atom. The van der Waals surface area contributed by atoms with Crippen LogP contribution in [0.1, 0.15) is 46.4 Å². The summed E-state index contributed by atoms with van der Waals surface area (Å²) in [6, 6.07) is 0.246. The molecule has 1 aromatic rings. The molecule has 0 unspecified atom stereocenters. The molecule has 0 aliphatic carbocycles. The lowest BCUT2D eigenvalue weighted by atomic mass is 9.91. The Balaban J connectivity index is 3.06. The highest BCUT2D eigenvalue weighted by Gasteiger charge is 2.20. The first-order valence-corrected chi connectivity index (χ1v) is 5.62. The lowest BCUT2D eigenvalue weighted by Crippen LogP contribution is -2.11. The number of halogens is 1. The van der Waals surface area contributed by atoms with E-state index in [1.807, 2.05) is 13.8 Å². The maximum Gasteiger partial charge on any atom is 0.141 e. The van der Waals surface area contributed by atoms with Gasteiger partial charge in [0.25, 0.3) is 0 Å². The van der Waals surface area contributed by atoms with Crippen LogP contribution in [0.15, 0.2) is 0 Å². The van der Waals surface area contributed by atoms with Gasteiger partial charge in [-0.2, -0.15) is 5.10 Å². The summed E-state index contributed by atoms with van der Waals surface area (Å²) < 4.78 is 1.78. The van der Waals surface area contributed by atoms with Crippen LogP contribution in [0.3, 0.4) is 0 Å². The molecule has 0 amide bonds. The number of hydrogen-bond acceptors (Lipinski definition) is 2. The van der Waals surface area contributed by atoms with E-state index in [9.17, 15) is 0 Å². The largest absolute Gasteiger partial charge is 0.383 e. The molecule has 15 heavy (non-hydrogen) atoms. The first-order valence-electron chi connectivity index (χ1n) is 5.24. The lowest BCUT2D eigenvalue weighted by Gasteiger charge is -2.16. The van der Waals surface area contributed by atoms with Crippen LogP contribution in [-0.4, -0.2) is 9.78 Å². The van der Waals surface area contributed by atoms with Crippen molar-refractivity contribution in [2.24, 2.45) is 5.41 Å². The molecule has 0 aliphatic heterocycles. The van der Waals surface area contributed by atoms with Crippen molar-refractivity contribution in [1.29, 1.82) is 0 Å². The Morgan fingerprint density at radius 2 is 1.93 bits per heavy atom. The normalized spacial score (nSPS) is 12.5. The van der Waals surface area contributed by atoms with Crippen molar-refractivity contribution in [3.05, 3.63) is 10.7 Å². The molecule has 2 N–H and O–H groups in total. The Bertz CT molecular complexity index is 347. The third-order valence-corrected chi connectivity index (χ3v) is 2.55. The number of nitrogens with zero attached hydrogens (tertiary/aromatic N) is 2. The second-order valence-corrected chi connectivity index (χ2v) is 5.80. The molecule has 0 fully saturated rings. The van der Waals surface area contributed by atoms with Crippen LogP contribution < -0.4 is 5.73 Å². The fourth-order valence-electron chi connectivity index (χ4n) is 1.49. The van der Waals surface area contributed by atoms with Crippen LogP contribution in [-0.2, 0) is 6.42 Å². The van der Waals surface area contributed by atoms with Crippen molar-refractivity contribution < 1.29 is 0 Å². The van der Waals surface area contributed by atoms with E-state index in [0.29, 0.717) is 10.8 Å². The minimum absolute atomic E-state index is 0.173. The molecule has 0 saturated heterocycles. The Labute approximate surface area is 96.6 Å². The van der Waals surface area contributed by atoms with Crippen molar-refractivity contribution >= 4 is 17.4 Å². The third kappa shape index (κ3) is 2.88. The van der Waals surface area contributed by atoms with Gasteiger partial charge in [0.05, 0.1) is 5.69 Å². The summed E-state index contributed by atoms with van der Waals surface area (Å²) in [5.41, 5.74) is 6.96. The van der Waals surface area contributed by atoms with E-state index in [1.165, 1.54) is 0 Å². The molecule has 0 aliphatic rings. The maximum atomic E-state index is 6.16. The van der Waals surface area contributed by atoms with Crippen LogP contribution in [0.4, 0.5) is 5.82 Å². The third-order valence-electron chi connectivity index (χ3n) is 2.14. The smallest absolute Gasteiger partial charge is 0.141 e. The average molecular weight is 230 g/mol. The van der Waals surface area contributed by atoms with Crippen molar-refractivity contribution in [2.45, 2.75) is 47.1 Å². The minimum Gasteiger partial charge on any atom is -0.383 e. The summed E-state index contributed by atoms with van der Waals surface area (Å²) >= 11 is 6.16. The molecule has 0 radical (unpaired) electrons. The molecule has 0 atom stereocenters. The lowest BCUT2D eigenvalue weighted by molar-refractivity contribution is 0.401. The highest BCUT2D eigenvalue weighted by atomic mass is 35.5. The molecule has 0 bridgehead atoms. The summed E-state index contributed by atoms with van der Waals surface area (Å²) in [5.74, 6) is 0.575. The summed E-state index contributed by atoms with van der Waals surface area (Å²) in [7, 11) is 0. The molecule has 0 saturated carbocycles. The van der Waals surface area contributed by atoms with E-state index in [-0.39, 0.29) is 11.5 Å². The summed E-state index contributed by atoms with van der Waals surface area (Å²) in [6.07, 6.45) is 0.843. The number of nitrogen functional groups attached to an aromatic ring is 1. The van der Waals surface area contributed by atoms with Crippen molar-refractivity contribution in [2.75, 3.05) is 5.73 Å². The van der Waals surface area contributed by atoms with Gasteiger partial charge in [-0.3, -0.25) is 0 Å². The molecular formula is C11H20ClN3. The monoisotopic (exact) mass is 229 g/mol. The zero-order valence-corrected chi connectivity index (χ0v) is 10.9. The highest BCUT2D eigenvalue weighted by molar-refractivity contribution is 6.33. The summed E-state index contributed by atoms with van der Waals surface area (Å²) in [6.45, 7) is 10.6. The Morgan fingerprint density at radius 3 is 2.27 bits per heavy atom. The van der Waals surface area contributed by atoms with Crippen LogP contribution in [0.2, 0.25) is 5.02 Å². The minimum atomic E-state index is 0.173. The highest BCUT2D eigenvalue weighted by Crippen LogP contribution is 2.30. The Kier molecular flexibility index (Phi) is 3.34. The molecule has 86 valence electrons. The number of rotatable bonds is 2. The molecule has 0 spiro atoms. The van der Waals surface area contributed by atoms with Gasteiger partial charge < -0.3 is 5.73 Å². The SMILES string of the molecule is CC(C)n1nc(CC(C)(C)C)c(Cl)c1N. The van der Waals surface area contributed by atoms with E-state index in [4.69, 9.17) is 17.3 Å². The molecule has 1 aromatic heterocycles. The maximum absolute atomic E-state index is 6.16. The number of nitrogens with two attached hydrogens (primary N) is 1. The van der Waals surface area contributed by atoms with Gasteiger partial charge >= 0.3 is 0 Å². The van der Waals surface area contributed by atoms with Crippen LogP contribution in [0.5, 0.6) is 0 Å². The van der Waals surface area contributed by atoms with Gasteiger partial charge in [-0.25, -0.2) is 4.68 Å². The first-order chi connectivity index (χ1) is 6.72. The van der Waals surface area contributed by atoms with Gasteiger partial charge in [-0.15, -0.1) is 0 Å². The zero-order chi connectivity index (χ0) is 11.8. The van der Waals surface area contributed by atoms with E-state index >= 15 is 0 Å². The van der Waals surface area contributed by atoms with Crippen molar-refractivity contribution in [1.82, 2.24) is 9.78 Å². The molecule has 1 rings (SSSR count). The number of hydrogen-bond donors (Lipinski definition) is 1. The van der Waals surface area contributed by atoms with Crippen molar-refractivity contribution in [3.8, 4) is 0 Å². The van der Waals surface area contributed by atoms with Gasteiger partial charge in [-0.1, -0.05) is 32.4 Å². The molecule has 3 nitrogen and oxygen atoms in total. The molecule has 1 heterocycles. The van der Waals surface area contributed by atoms with E-state index < -0.39 is 0 Å². The molecular weight excluding hydrogens is 210 g/mol. The molecule has 4 heteroatoms. The van der Waals surface area contributed by atoms with Gasteiger partial charge in [0, 0.05) is 6.04 Å². The second kappa shape index (κ2) is 4.05. The van der Waals surface area contributed by atoms with Crippen LogP contribution in [0, 0.1) is 5.41 Å². The number of anilines is 1. The van der Waals surface area contributed by atoms with Gasteiger partial charge in [-0.05, 0) is 25.7 Å². The predicted molar refractivity (Wildman–Crippen MR) is 65.2 cm³/mol. The van der Waals surface area contributed by atoms with Crippen LogP contribution >= 0.6 is 11.6 Å². The van der Waals surface area contributed by atoms with Gasteiger partial charge in [0.15, 0.2) is 0 Å². The van der Waals surface area contributed by atoms with Gasteiger partial charge in [0.1, 0.15) is 10.8 Å². The van der Waals surface area contributed by atoms with E-state index in [1.54, 1.807) is 4.68 Å². The van der Waals surface area contributed by atoms with Crippen LogP contribution in [0.25, 0.3) is 0 Å². The molecule has 0 aromatic carbocycles. The topological polar surface area (TPSA) is 43.8 Å². The van der Waals surface area contributed by atoms with E-state index in [0.717, 1.165) is 12.1 Å². The average Bonchev–Trinajstić information content (AvgIpc) is 2.30. The second-order valence-electron chi connectivity index (χ2n) is 5.42. The summed E-state index contributed by atoms with van der Waals surface area (Å²) in [4.78, 5) is 0. The quantitative estimate of drug-likeness (QED) is 0.846. The standard InChI is InChI=1S/C11H20ClN3/c1-7(2)15-10(13)9(12)8(14-15)6-11(3,4)5/h7H,6,13H2,1-5H3. The summed E-state index contributed by atoms with van der Waals surface area (Å²) in [5, 5.41) is 5.06. The number of aromatic nitrogens is 2.